The van der Waals surface area contributed by atoms with Crippen LogP contribution in [0.1, 0.15) is 0 Å². The van der Waals surface area contributed by atoms with Crippen molar-refractivity contribution in [1.82, 2.24) is 14.5 Å². The molecule has 0 fully saturated rings. The number of aromatic nitrogens is 3. The highest BCUT2D eigenvalue weighted by molar-refractivity contribution is 7.26. The Hall–Kier alpha value is -5.62. The molecule has 0 aliphatic heterocycles. The molecule has 0 atom stereocenters. The first kappa shape index (κ1) is 24.6. The summed E-state index contributed by atoms with van der Waals surface area (Å²) in [6.45, 7) is 0. The third kappa shape index (κ3) is 3.06. The number of benzene rings is 7. The van der Waals surface area contributed by atoms with Gasteiger partial charge in [0.2, 0.25) is 0 Å². The van der Waals surface area contributed by atoms with Crippen LogP contribution >= 0.6 is 22.7 Å². The number of hydrogen-bond acceptors (Lipinski definition) is 4. The smallest absolute Gasteiger partial charge is 0.166 e. The summed E-state index contributed by atoms with van der Waals surface area (Å²) in [5.41, 5.74) is 7.88. The van der Waals surface area contributed by atoms with Gasteiger partial charge in [0.05, 0.1) is 11.0 Å². The van der Waals surface area contributed by atoms with E-state index < -0.39 is 0 Å². The summed E-state index contributed by atoms with van der Waals surface area (Å²) >= 11 is 3.61. The van der Waals surface area contributed by atoms with Gasteiger partial charge in [0.1, 0.15) is 16.0 Å². The fraction of sp³-hybridized carbons (Fsp3) is 0. The van der Waals surface area contributed by atoms with Crippen molar-refractivity contribution in [3.05, 3.63) is 127 Å². The maximum Gasteiger partial charge on any atom is 0.166 e. The highest BCUT2D eigenvalue weighted by Crippen LogP contribution is 2.52. The van der Waals surface area contributed by atoms with Crippen molar-refractivity contribution in [3.8, 4) is 28.2 Å². The van der Waals surface area contributed by atoms with E-state index in [1.54, 1.807) is 11.3 Å². The zero-order valence-electron chi connectivity index (χ0n) is 24.8. The van der Waals surface area contributed by atoms with Crippen LogP contribution in [0.15, 0.2) is 127 Å². The minimum atomic E-state index is 0.871. The first-order valence-corrected chi connectivity index (χ1v) is 17.5. The Morgan fingerprint density at radius 1 is 0.468 bits per heavy atom. The van der Waals surface area contributed by atoms with Crippen LogP contribution in [0.4, 0.5) is 0 Å². The lowest BCUT2D eigenvalue weighted by Gasteiger charge is -2.14. The van der Waals surface area contributed by atoms with Crippen molar-refractivity contribution in [3.63, 3.8) is 0 Å². The third-order valence-electron chi connectivity index (χ3n) is 10.1. The summed E-state index contributed by atoms with van der Waals surface area (Å²) in [6, 6.07) is 46.5. The van der Waals surface area contributed by atoms with E-state index >= 15 is 0 Å². The molecule has 47 heavy (non-hydrogen) atoms. The van der Waals surface area contributed by atoms with Gasteiger partial charge in [0, 0.05) is 46.6 Å². The van der Waals surface area contributed by atoms with Gasteiger partial charge < -0.3 is 0 Å². The van der Waals surface area contributed by atoms with Gasteiger partial charge >= 0.3 is 0 Å². The van der Waals surface area contributed by atoms with Crippen LogP contribution in [0.3, 0.4) is 0 Å². The molecule has 3 nitrogen and oxygen atoms in total. The van der Waals surface area contributed by atoms with E-state index in [1.165, 1.54) is 73.8 Å². The first-order valence-electron chi connectivity index (χ1n) is 15.8. The van der Waals surface area contributed by atoms with Gasteiger partial charge in [-0.25, -0.2) is 9.97 Å². The molecule has 7 aromatic carbocycles. The predicted octanol–water partition coefficient (Wildman–Crippen LogP) is 12.3. The van der Waals surface area contributed by atoms with E-state index in [4.69, 9.17) is 9.97 Å². The van der Waals surface area contributed by atoms with Crippen LogP contribution in [-0.4, -0.2) is 14.5 Å². The molecular formula is C42H21N3S2. The average Bonchev–Trinajstić information content (AvgIpc) is 3.76. The van der Waals surface area contributed by atoms with Gasteiger partial charge in [-0.3, -0.25) is 4.57 Å². The van der Waals surface area contributed by atoms with Crippen molar-refractivity contribution in [2.24, 2.45) is 0 Å². The Morgan fingerprint density at radius 3 is 2.11 bits per heavy atom. The number of thiophene rings is 2. The lowest BCUT2D eigenvalue weighted by molar-refractivity contribution is 1.09. The van der Waals surface area contributed by atoms with Crippen LogP contribution in [-0.2, 0) is 0 Å². The second-order valence-electron chi connectivity index (χ2n) is 12.5. The standard InChI is InChI=1S/C42H21N3S2/c1-2-8-24-21-25(16-15-22(24)7-1)39-41(44-42-40(43-39)28-10-3-4-13-31(28)47-42)45-29-18-17-23-9-5-11-26-27-12-6-14-32-35(27)38-33(46-32)20-19-30(45)37(38)36(29)34(23)26/h1-21H. The zero-order valence-corrected chi connectivity index (χ0v) is 26.4. The quantitative estimate of drug-likeness (QED) is 0.190. The van der Waals surface area contributed by atoms with E-state index in [9.17, 15) is 0 Å². The Labute approximate surface area is 275 Å². The zero-order chi connectivity index (χ0) is 30.4. The minimum absolute atomic E-state index is 0.871. The molecule has 0 amide bonds. The van der Waals surface area contributed by atoms with Crippen molar-refractivity contribution >= 4 is 107 Å². The van der Waals surface area contributed by atoms with E-state index in [0.717, 1.165) is 38.3 Å². The molecule has 0 N–H and O–H groups in total. The lowest BCUT2D eigenvalue weighted by Crippen LogP contribution is -2.03. The molecule has 11 aromatic rings. The van der Waals surface area contributed by atoms with Gasteiger partial charge in [-0.2, -0.15) is 0 Å². The van der Waals surface area contributed by atoms with Crippen molar-refractivity contribution < 1.29 is 0 Å². The van der Waals surface area contributed by atoms with Crippen LogP contribution in [0.2, 0.25) is 0 Å². The number of rotatable bonds is 2. The normalized spacial score (nSPS) is 12.7. The molecule has 0 unspecified atom stereocenters. The summed E-state index contributed by atoms with van der Waals surface area (Å²) in [6.07, 6.45) is 0. The molecule has 0 spiro atoms. The first-order chi connectivity index (χ1) is 23.3. The fourth-order valence-corrected chi connectivity index (χ4v) is 10.3. The molecule has 4 heterocycles. The molecule has 216 valence electrons. The maximum absolute atomic E-state index is 5.56. The van der Waals surface area contributed by atoms with Crippen LogP contribution in [0, 0.1) is 0 Å². The van der Waals surface area contributed by atoms with Gasteiger partial charge in [-0.1, -0.05) is 91.0 Å². The molecule has 0 saturated carbocycles. The van der Waals surface area contributed by atoms with Crippen LogP contribution in [0.25, 0.3) is 112 Å². The summed E-state index contributed by atoms with van der Waals surface area (Å²) in [4.78, 5) is 12.0. The van der Waals surface area contributed by atoms with Crippen molar-refractivity contribution in [1.29, 1.82) is 0 Å². The number of fused-ring (bicyclic) bond motifs is 5. The third-order valence-corrected chi connectivity index (χ3v) is 12.3. The topological polar surface area (TPSA) is 30.7 Å². The molecule has 1 aliphatic rings. The van der Waals surface area contributed by atoms with Crippen molar-refractivity contribution in [2.45, 2.75) is 0 Å². The largest absolute Gasteiger partial charge is 0.292 e. The maximum atomic E-state index is 5.56. The highest BCUT2D eigenvalue weighted by atomic mass is 32.1. The van der Waals surface area contributed by atoms with Crippen molar-refractivity contribution in [2.75, 3.05) is 0 Å². The Kier molecular flexibility index (Phi) is 4.49. The summed E-state index contributed by atoms with van der Waals surface area (Å²) in [7, 11) is 0. The molecule has 4 aromatic heterocycles. The molecular weight excluding hydrogens is 611 g/mol. The molecule has 0 radical (unpaired) electrons. The molecule has 0 saturated heterocycles. The molecule has 0 bridgehead atoms. The highest BCUT2D eigenvalue weighted by Gasteiger charge is 2.27. The Morgan fingerprint density at radius 2 is 1.17 bits per heavy atom. The van der Waals surface area contributed by atoms with Gasteiger partial charge in [-0.05, 0) is 69.1 Å². The molecule has 5 heteroatoms. The van der Waals surface area contributed by atoms with E-state index in [2.05, 4.69) is 132 Å². The molecule has 1 aliphatic carbocycles. The molecule has 12 rings (SSSR count). The van der Waals surface area contributed by atoms with E-state index in [0.29, 0.717) is 0 Å². The van der Waals surface area contributed by atoms with Gasteiger partial charge in [0.15, 0.2) is 5.82 Å². The lowest BCUT2D eigenvalue weighted by atomic mass is 9.95. The average molecular weight is 632 g/mol. The second-order valence-corrected chi connectivity index (χ2v) is 14.6. The van der Waals surface area contributed by atoms with Gasteiger partial charge in [-0.15, -0.1) is 22.7 Å². The summed E-state index contributed by atoms with van der Waals surface area (Å²) in [5, 5.41) is 11.5. The fourth-order valence-electron chi connectivity index (χ4n) is 8.15. The number of nitrogens with zero attached hydrogens (tertiary/aromatic N) is 3. The monoisotopic (exact) mass is 631 g/mol. The van der Waals surface area contributed by atoms with E-state index in [-0.39, 0.29) is 0 Å². The van der Waals surface area contributed by atoms with Crippen LogP contribution in [0.5, 0.6) is 0 Å². The Bertz CT molecular complexity index is 3200. The van der Waals surface area contributed by atoms with Crippen LogP contribution < -0.4 is 0 Å². The second kappa shape index (κ2) is 8.59. The summed E-state index contributed by atoms with van der Waals surface area (Å²) < 4.78 is 6.26. The van der Waals surface area contributed by atoms with E-state index in [1.807, 2.05) is 11.3 Å². The number of hydrogen-bond donors (Lipinski definition) is 0. The Balaban J connectivity index is 1.31. The minimum Gasteiger partial charge on any atom is -0.292 e. The van der Waals surface area contributed by atoms with Gasteiger partial charge in [0.25, 0.3) is 0 Å². The SMILES string of the molecule is c1ccc2cc(-c3nc4c(nc3-n3c5ccc6cccc7c6c5c5c6c(ccc53)sc3cccc-7c36)sc3ccccc34)ccc2c1. The predicted molar refractivity (Wildman–Crippen MR) is 202 cm³/mol. The summed E-state index contributed by atoms with van der Waals surface area (Å²) in [5.74, 6) is 0.871.